The molecule has 2 nitrogen and oxygen atoms in total. The van der Waals surface area contributed by atoms with Gasteiger partial charge in [0.2, 0.25) is 0 Å². The molecule has 2 aliphatic rings. The van der Waals surface area contributed by atoms with Crippen LogP contribution in [0.2, 0.25) is 0 Å². The van der Waals surface area contributed by atoms with Crippen LogP contribution in [0.1, 0.15) is 18.1 Å². The summed E-state index contributed by atoms with van der Waals surface area (Å²) in [6.07, 6.45) is 4.32. The fourth-order valence-corrected chi connectivity index (χ4v) is 3.09. The number of benzene rings is 2. The summed E-state index contributed by atoms with van der Waals surface area (Å²) >= 11 is 0. The van der Waals surface area contributed by atoms with Gasteiger partial charge in [-0.25, -0.2) is 4.99 Å². The Morgan fingerprint density at radius 2 is 1.82 bits per heavy atom. The molecule has 0 saturated heterocycles. The van der Waals surface area contributed by atoms with E-state index in [1.54, 1.807) is 0 Å². The highest BCUT2D eigenvalue weighted by Gasteiger charge is 2.22. The van der Waals surface area contributed by atoms with E-state index < -0.39 is 0 Å². The average molecular weight is 222 g/mol. The summed E-state index contributed by atoms with van der Waals surface area (Å²) in [6, 6.07) is 8.96. The minimum absolute atomic E-state index is 0.974. The van der Waals surface area contributed by atoms with Crippen molar-refractivity contribution < 1.29 is 0 Å². The molecule has 0 unspecified atom stereocenters. The highest BCUT2D eigenvalue weighted by Crippen LogP contribution is 2.43. The molecule has 0 bridgehead atoms. The molecule has 84 valence electrons. The fraction of sp³-hybridized carbons (Fsp3) is 0.267. The van der Waals surface area contributed by atoms with Gasteiger partial charge in [-0.2, -0.15) is 0 Å². The van der Waals surface area contributed by atoms with Gasteiger partial charge in [0.25, 0.3) is 0 Å². The Morgan fingerprint density at radius 3 is 2.59 bits per heavy atom. The lowest BCUT2D eigenvalue weighted by atomic mass is 10.0. The van der Waals surface area contributed by atoms with Gasteiger partial charge in [0, 0.05) is 11.9 Å². The second kappa shape index (κ2) is 3.10. The van der Waals surface area contributed by atoms with Gasteiger partial charge >= 0.3 is 0 Å². The predicted octanol–water partition coefficient (Wildman–Crippen LogP) is 3.44. The SMILES string of the molecule is CCN1C=Nc2ccc3c4c(ccc1c24)CC3. The zero-order valence-corrected chi connectivity index (χ0v) is 9.90. The standard InChI is InChI=1S/C15H14N2/c1-2-17-9-16-12-7-5-10-3-4-11-6-8-13(17)15(12)14(10)11/h5-9H,2-4H2,1H3. The molecule has 0 spiro atoms. The number of rotatable bonds is 1. The highest BCUT2D eigenvalue weighted by atomic mass is 15.2. The first-order chi connectivity index (χ1) is 8.38. The van der Waals surface area contributed by atoms with E-state index in [2.05, 4.69) is 41.1 Å². The zero-order chi connectivity index (χ0) is 11.4. The van der Waals surface area contributed by atoms with Gasteiger partial charge in [-0.05, 0) is 48.4 Å². The van der Waals surface area contributed by atoms with Crippen LogP contribution in [0.25, 0.3) is 10.8 Å². The van der Waals surface area contributed by atoms with Crippen molar-refractivity contribution in [2.45, 2.75) is 19.8 Å². The molecule has 0 fully saturated rings. The third kappa shape index (κ3) is 1.08. The minimum atomic E-state index is 0.974. The van der Waals surface area contributed by atoms with E-state index in [-0.39, 0.29) is 0 Å². The average Bonchev–Trinajstić information content (AvgIpc) is 2.81. The van der Waals surface area contributed by atoms with Gasteiger partial charge in [-0.1, -0.05) is 12.1 Å². The quantitative estimate of drug-likeness (QED) is 0.721. The number of aliphatic imine (C=N–C) groups is 1. The molecule has 0 amide bonds. The highest BCUT2D eigenvalue weighted by molar-refractivity contribution is 6.12. The van der Waals surface area contributed by atoms with Crippen molar-refractivity contribution in [3.8, 4) is 0 Å². The number of hydrogen-bond donors (Lipinski definition) is 0. The van der Waals surface area contributed by atoms with Crippen molar-refractivity contribution in [3.05, 3.63) is 35.4 Å². The minimum Gasteiger partial charge on any atom is -0.332 e. The summed E-state index contributed by atoms with van der Waals surface area (Å²) in [4.78, 5) is 6.80. The van der Waals surface area contributed by atoms with E-state index >= 15 is 0 Å². The molecule has 17 heavy (non-hydrogen) atoms. The van der Waals surface area contributed by atoms with Gasteiger partial charge in [-0.3, -0.25) is 0 Å². The molecule has 0 radical (unpaired) electrons. The number of anilines is 1. The molecule has 2 heteroatoms. The Kier molecular flexibility index (Phi) is 1.68. The van der Waals surface area contributed by atoms with E-state index in [9.17, 15) is 0 Å². The smallest absolute Gasteiger partial charge is 0.0957 e. The second-order valence-electron chi connectivity index (χ2n) is 4.77. The summed E-state index contributed by atoms with van der Waals surface area (Å²) in [5.74, 6) is 0. The van der Waals surface area contributed by atoms with Crippen LogP contribution < -0.4 is 4.90 Å². The molecule has 1 aliphatic heterocycles. The summed E-state index contributed by atoms with van der Waals surface area (Å²) in [6.45, 7) is 3.14. The maximum absolute atomic E-state index is 4.57. The van der Waals surface area contributed by atoms with Crippen LogP contribution in [-0.2, 0) is 12.8 Å². The van der Waals surface area contributed by atoms with E-state index in [0.717, 1.165) is 12.2 Å². The van der Waals surface area contributed by atoms with Gasteiger partial charge < -0.3 is 4.90 Å². The van der Waals surface area contributed by atoms with Gasteiger partial charge in [0.15, 0.2) is 0 Å². The third-order valence-corrected chi connectivity index (χ3v) is 3.94. The first-order valence-corrected chi connectivity index (χ1v) is 6.27. The van der Waals surface area contributed by atoms with Gasteiger partial charge in [0.05, 0.1) is 17.7 Å². The van der Waals surface area contributed by atoms with Crippen molar-refractivity contribution in [3.63, 3.8) is 0 Å². The van der Waals surface area contributed by atoms with Crippen molar-refractivity contribution in [2.24, 2.45) is 4.99 Å². The second-order valence-corrected chi connectivity index (χ2v) is 4.77. The third-order valence-electron chi connectivity index (χ3n) is 3.94. The van der Waals surface area contributed by atoms with Gasteiger partial charge in [0.1, 0.15) is 0 Å². The van der Waals surface area contributed by atoms with Gasteiger partial charge in [-0.15, -0.1) is 0 Å². The van der Waals surface area contributed by atoms with Crippen LogP contribution in [0.15, 0.2) is 29.3 Å². The lowest BCUT2D eigenvalue weighted by molar-refractivity contribution is 1.02. The van der Waals surface area contributed by atoms with Crippen LogP contribution in [-0.4, -0.2) is 12.9 Å². The van der Waals surface area contributed by atoms with Crippen molar-refractivity contribution in [1.82, 2.24) is 0 Å². The first-order valence-electron chi connectivity index (χ1n) is 6.27. The van der Waals surface area contributed by atoms with E-state index in [1.807, 2.05) is 6.34 Å². The summed E-state index contributed by atoms with van der Waals surface area (Å²) in [7, 11) is 0. The summed E-state index contributed by atoms with van der Waals surface area (Å²) in [5.41, 5.74) is 5.44. The molecule has 2 aromatic carbocycles. The Bertz CT molecular complexity index is 645. The molecular formula is C15H14N2. The van der Waals surface area contributed by atoms with Crippen molar-refractivity contribution in [2.75, 3.05) is 11.4 Å². The molecule has 0 saturated carbocycles. The largest absolute Gasteiger partial charge is 0.332 e. The first kappa shape index (κ1) is 9.23. The monoisotopic (exact) mass is 222 g/mol. The number of nitrogens with zero attached hydrogens (tertiary/aromatic N) is 2. The van der Waals surface area contributed by atoms with Crippen LogP contribution in [0, 0.1) is 0 Å². The number of hydrogen-bond acceptors (Lipinski definition) is 2. The summed E-state index contributed by atoms with van der Waals surface area (Å²) < 4.78 is 0. The van der Waals surface area contributed by atoms with Crippen LogP contribution in [0.4, 0.5) is 11.4 Å². The Hall–Kier alpha value is -1.83. The predicted molar refractivity (Wildman–Crippen MR) is 72.5 cm³/mol. The van der Waals surface area contributed by atoms with Crippen molar-refractivity contribution in [1.29, 1.82) is 0 Å². The Morgan fingerprint density at radius 1 is 1.06 bits per heavy atom. The lowest BCUT2D eigenvalue weighted by Gasteiger charge is -2.24. The van der Waals surface area contributed by atoms with Crippen LogP contribution >= 0.6 is 0 Å². The Balaban J connectivity index is 2.18. The van der Waals surface area contributed by atoms with Crippen LogP contribution in [0.3, 0.4) is 0 Å². The van der Waals surface area contributed by atoms with Crippen LogP contribution in [0.5, 0.6) is 0 Å². The maximum Gasteiger partial charge on any atom is 0.0957 e. The molecule has 2 aromatic rings. The topological polar surface area (TPSA) is 15.6 Å². The van der Waals surface area contributed by atoms with E-state index in [4.69, 9.17) is 0 Å². The normalized spacial score (nSPS) is 15.9. The molecule has 1 aliphatic carbocycles. The Labute approximate surface area is 101 Å². The fourth-order valence-electron chi connectivity index (χ4n) is 3.09. The molecule has 0 atom stereocenters. The molecule has 0 N–H and O–H groups in total. The molecule has 0 aromatic heterocycles. The zero-order valence-electron chi connectivity index (χ0n) is 9.90. The van der Waals surface area contributed by atoms with E-state index in [0.29, 0.717) is 0 Å². The van der Waals surface area contributed by atoms with E-state index in [1.165, 1.54) is 40.4 Å². The summed E-state index contributed by atoms with van der Waals surface area (Å²) in [5, 5.41) is 2.83. The molecular weight excluding hydrogens is 208 g/mol. The number of aryl methyl sites for hydroxylation is 2. The van der Waals surface area contributed by atoms with Crippen molar-refractivity contribution >= 4 is 28.5 Å². The molecule has 4 rings (SSSR count). The molecule has 1 heterocycles. The maximum atomic E-state index is 4.57. The lowest BCUT2D eigenvalue weighted by Crippen LogP contribution is -2.22.